The maximum Gasteiger partial charge on any atom is 0.267 e. The Bertz CT molecular complexity index is 632. The molecule has 2 rings (SSSR count). The third-order valence-electron chi connectivity index (χ3n) is 2.19. The number of aromatic amines is 1. The number of nitrogen functional groups attached to an aromatic ring is 1. The molecule has 0 fully saturated rings. The van der Waals surface area contributed by atoms with Gasteiger partial charge in [-0.15, -0.1) is 5.10 Å². The zero-order valence-corrected chi connectivity index (χ0v) is 10.8. The van der Waals surface area contributed by atoms with Crippen LogP contribution in [0.15, 0.2) is 23.0 Å². The number of nitrogens with zero attached hydrogens (tertiary/aromatic N) is 1. The first-order valence-electron chi connectivity index (χ1n) is 4.96. The summed E-state index contributed by atoms with van der Waals surface area (Å²) in [6.45, 7) is 1.64. The van der Waals surface area contributed by atoms with E-state index in [1.54, 1.807) is 6.92 Å². The molecule has 2 aromatic rings. The lowest BCUT2D eigenvalue weighted by Crippen LogP contribution is -2.11. The van der Waals surface area contributed by atoms with E-state index >= 15 is 0 Å². The van der Waals surface area contributed by atoms with Crippen molar-refractivity contribution in [1.29, 1.82) is 0 Å². The first-order valence-corrected chi connectivity index (χ1v) is 5.71. The second kappa shape index (κ2) is 4.88. The molecule has 0 saturated heterocycles. The largest absolute Gasteiger partial charge is 0.434 e. The van der Waals surface area contributed by atoms with Crippen LogP contribution in [0.5, 0.6) is 11.6 Å². The molecule has 0 atom stereocenters. The highest BCUT2D eigenvalue weighted by Crippen LogP contribution is 2.37. The molecule has 1 heterocycles. The lowest BCUT2D eigenvalue weighted by molar-refractivity contribution is 0.454. The SMILES string of the molecule is Cc1cc(Oc2c(Cl)cc(N)cc2Cl)n[nH]c1=O. The average molecular weight is 286 g/mol. The summed E-state index contributed by atoms with van der Waals surface area (Å²) in [5.74, 6) is 0.437. The number of nitrogens with two attached hydrogens (primary N) is 1. The number of H-pyrrole nitrogens is 1. The van der Waals surface area contributed by atoms with Crippen molar-refractivity contribution in [3.63, 3.8) is 0 Å². The van der Waals surface area contributed by atoms with Crippen molar-refractivity contribution < 1.29 is 4.74 Å². The van der Waals surface area contributed by atoms with Crippen LogP contribution in [-0.2, 0) is 0 Å². The molecule has 1 aromatic heterocycles. The minimum atomic E-state index is -0.281. The van der Waals surface area contributed by atoms with Crippen LogP contribution in [0.4, 0.5) is 5.69 Å². The number of anilines is 1. The van der Waals surface area contributed by atoms with Gasteiger partial charge in [0.2, 0.25) is 5.88 Å². The van der Waals surface area contributed by atoms with Gasteiger partial charge in [0.1, 0.15) is 0 Å². The molecule has 5 nitrogen and oxygen atoms in total. The fourth-order valence-corrected chi connectivity index (χ4v) is 1.89. The Morgan fingerprint density at radius 3 is 2.44 bits per heavy atom. The monoisotopic (exact) mass is 285 g/mol. The Balaban J connectivity index is 2.40. The fraction of sp³-hybridized carbons (Fsp3) is 0.0909. The first-order chi connectivity index (χ1) is 8.47. The van der Waals surface area contributed by atoms with Crippen molar-refractivity contribution in [2.75, 3.05) is 5.73 Å². The summed E-state index contributed by atoms with van der Waals surface area (Å²) >= 11 is 11.9. The van der Waals surface area contributed by atoms with Gasteiger partial charge in [0.25, 0.3) is 5.56 Å². The van der Waals surface area contributed by atoms with E-state index in [0.29, 0.717) is 11.3 Å². The van der Waals surface area contributed by atoms with Gasteiger partial charge in [0, 0.05) is 17.3 Å². The standard InChI is InChI=1S/C11H9Cl2N3O2/c1-5-2-9(15-16-11(5)17)18-10-7(12)3-6(14)4-8(10)13/h2-4H,14H2,1H3,(H,16,17). The highest BCUT2D eigenvalue weighted by molar-refractivity contribution is 6.37. The van der Waals surface area contributed by atoms with E-state index < -0.39 is 0 Å². The predicted octanol–water partition coefficient (Wildman–Crippen LogP) is 2.76. The van der Waals surface area contributed by atoms with Gasteiger partial charge in [-0.2, -0.15) is 0 Å². The molecule has 3 N–H and O–H groups in total. The van der Waals surface area contributed by atoms with Crippen LogP contribution in [0.2, 0.25) is 10.0 Å². The van der Waals surface area contributed by atoms with E-state index in [1.165, 1.54) is 18.2 Å². The van der Waals surface area contributed by atoms with Gasteiger partial charge in [0.05, 0.1) is 10.0 Å². The number of aryl methyl sites for hydroxylation is 1. The Morgan fingerprint density at radius 2 is 1.89 bits per heavy atom. The molecule has 0 amide bonds. The van der Waals surface area contributed by atoms with Crippen molar-refractivity contribution in [2.45, 2.75) is 6.92 Å². The second-order valence-corrected chi connectivity index (χ2v) is 4.45. The number of hydrogen-bond acceptors (Lipinski definition) is 4. The minimum Gasteiger partial charge on any atom is -0.434 e. The Kier molecular flexibility index (Phi) is 3.45. The molecule has 0 radical (unpaired) electrons. The van der Waals surface area contributed by atoms with E-state index in [0.717, 1.165) is 0 Å². The molecule has 0 aliphatic carbocycles. The zero-order valence-electron chi connectivity index (χ0n) is 9.33. The van der Waals surface area contributed by atoms with Crippen LogP contribution >= 0.6 is 23.2 Å². The molecule has 7 heteroatoms. The number of hydrogen-bond donors (Lipinski definition) is 2. The van der Waals surface area contributed by atoms with Crippen LogP contribution in [0, 0.1) is 6.92 Å². The number of nitrogens with one attached hydrogen (secondary N) is 1. The van der Waals surface area contributed by atoms with Gasteiger partial charge in [-0.3, -0.25) is 4.79 Å². The molecular formula is C11H9Cl2N3O2. The number of ether oxygens (including phenoxy) is 1. The zero-order chi connectivity index (χ0) is 13.3. The predicted molar refractivity (Wildman–Crippen MR) is 70.5 cm³/mol. The molecule has 0 bridgehead atoms. The number of rotatable bonds is 2. The summed E-state index contributed by atoms with van der Waals surface area (Å²) in [6, 6.07) is 4.52. The van der Waals surface area contributed by atoms with Crippen molar-refractivity contribution >= 4 is 28.9 Å². The van der Waals surface area contributed by atoms with E-state index in [4.69, 9.17) is 33.7 Å². The summed E-state index contributed by atoms with van der Waals surface area (Å²) in [4.78, 5) is 11.2. The van der Waals surface area contributed by atoms with E-state index in [2.05, 4.69) is 10.2 Å². The maximum atomic E-state index is 11.2. The van der Waals surface area contributed by atoms with Gasteiger partial charge < -0.3 is 10.5 Å². The van der Waals surface area contributed by atoms with Crippen LogP contribution < -0.4 is 16.0 Å². The lowest BCUT2D eigenvalue weighted by atomic mass is 10.3. The third kappa shape index (κ3) is 2.57. The average Bonchev–Trinajstić information content (AvgIpc) is 2.28. The van der Waals surface area contributed by atoms with Crippen LogP contribution in [0.1, 0.15) is 5.56 Å². The molecular weight excluding hydrogens is 277 g/mol. The van der Waals surface area contributed by atoms with Crippen molar-refractivity contribution in [3.8, 4) is 11.6 Å². The highest BCUT2D eigenvalue weighted by atomic mass is 35.5. The topological polar surface area (TPSA) is 81.0 Å². The van der Waals surface area contributed by atoms with Gasteiger partial charge in [-0.05, 0) is 19.1 Å². The van der Waals surface area contributed by atoms with Crippen LogP contribution in [0.25, 0.3) is 0 Å². The van der Waals surface area contributed by atoms with Crippen molar-refractivity contribution in [2.24, 2.45) is 0 Å². The molecule has 0 spiro atoms. The Morgan fingerprint density at radius 1 is 1.28 bits per heavy atom. The summed E-state index contributed by atoms with van der Waals surface area (Å²) in [5, 5.41) is 6.57. The summed E-state index contributed by atoms with van der Waals surface area (Å²) in [7, 11) is 0. The first kappa shape index (κ1) is 12.7. The summed E-state index contributed by atoms with van der Waals surface area (Å²) in [5.41, 5.74) is 6.21. The highest BCUT2D eigenvalue weighted by Gasteiger charge is 2.11. The van der Waals surface area contributed by atoms with Gasteiger partial charge in [0.15, 0.2) is 5.75 Å². The smallest absolute Gasteiger partial charge is 0.267 e. The molecule has 0 aliphatic rings. The number of aromatic nitrogens is 2. The van der Waals surface area contributed by atoms with E-state index in [-0.39, 0.29) is 27.2 Å². The second-order valence-electron chi connectivity index (χ2n) is 3.63. The quantitative estimate of drug-likeness (QED) is 0.832. The number of halogens is 2. The fourth-order valence-electron chi connectivity index (χ4n) is 1.31. The van der Waals surface area contributed by atoms with Crippen LogP contribution in [0.3, 0.4) is 0 Å². The molecule has 0 saturated carbocycles. The van der Waals surface area contributed by atoms with Crippen molar-refractivity contribution in [1.82, 2.24) is 10.2 Å². The molecule has 18 heavy (non-hydrogen) atoms. The lowest BCUT2D eigenvalue weighted by Gasteiger charge is -2.09. The Hall–Kier alpha value is -1.72. The molecule has 0 unspecified atom stereocenters. The molecule has 0 aliphatic heterocycles. The minimum absolute atomic E-state index is 0.195. The Labute approximate surface area is 112 Å². The molecule has 1 aromatic carbocycles. The maximum absolute atomic E-state index is 11.2. The van der Waals surface area contributed by atoms with Crippen LogP contribution in [-0.4, -0.2) is 10.2 Å². The summed E-state index contributed by atoms with van der Waals surface area (Å²) < 4.78 is 5.43. The molecule has 94 valence electrons. The van der Waals surface area contributed by atoms with Gasteiger partial charge >= 0.3 is 0 Å². The number of benzene rings is 1. The normalized spacial score (nSPS) is 10.4. The van der Waals surface area contributed by atoms with Gasteiger partial charge in [-0.25, -0.2) is 5.10 Å². The summed E-state index contributed by atoms with van der Waals surface area (Å²) in [6.07, 6.45) is 0. The van der Waals surface area contributed by atoms with E-state index in [9.17, 15) is 4.79 Å². The third-order valence-corrected chi connectivity index (χ3v) is 2.75. The van der Waals surface area contributed by atoms with Crippen molar-refractivity contribution in [3.05, 3.63) is 44.2 Å². The van der Waals surface area contributed by atoms with Gasteiger partial charge in [-0.1, -0.05) is 23.2 Å². The van der Waals surface area contributed by atoms with E-state index in [1.807, 2.05) is 0 Å².